The maximum absolute atomic E-state index is 11.3. The van der Waals surface area contributed by atoms with Gasteiger partial charge in [-0.25, -0.2) is 0 Å². The lowest BCUT2D eigenvalue weighted by atomic mass is 10.1. The lowest BCUT2D eigenvalue weighted by Gasteiger charge is -2.10. The van der Waals surface area contributed by atoms with Crippen LogP contribution in [-0.2, 0) is 4.79 Å². The fourth-order valence-electron chi connectivity index (χ4n) is 1.33. The topological polar surface area (TPSA) is 29.1 Å². The van der Waals surface area contributed by atoms with Gasteiger partial charge in [0.15, 0.2) is 0 Å². The second kappa shape index (κ2) is 4.61. The van der Waals surface area contributed by atoms with E-state index in [1.165, 1.54) is 0 Å². The normalized spacial score (nSPS) is 9.57. The highest BCUT2D eigenvalue weighted by Crippen LogP contribution is 2.19. The summed E-state index contributed by atoms with van der Waals surface area (Å²) in [4.78, 5) is 11.3. The van der Waals surface area contributed by atoms with Crippen LogP contribution in [0.3, 0.4) is 0 Å². The van der Waals surface area contributed by atoms with Gasteiger partial charge in [0.2, 0.25) is 5.91 Å². The van der Waals surface area contributed by atoms with E-state index in [-0.39, 0.29) is 5.91 Å². The van der Waals surface area contributed by atoms with Crippen molar-refractivity contribution in [3.05, 3.63) is 42.0 Å². The Bertz CT molecular complexity index is 335. The lowest BCUT2D eigenvalue weighted by Crippen LogP contribution is -2.11. The molecule has 1 N–H and O–H groups in total. The second-order valence-corrected chi connectivity index (χ2v) is 3.31. The van der Waals surface area contributed by atoms with Crippen molar-refractivity contribution < 1.29 is 4.79 Å². The van der Waals surface area contributed by atoms with Crippen molar-refractivity contribution in [2.75, 3.05) is 5.32 Å². The first-order valence-corrected chi connectivity index (χ1v) is 4.62. The number of para-hydroxylation sites is 1. The van der Waals surface area contributed by atoms with Crippen molar-refractivity contribution in [1.82, 2.24) is 0 Å². The Hall–Kier alpha value is -1.57. The summed E-state index contributed by atoms with van der Waals surface area (Å²) in [6.07, 6.45) is 1.96. The Balaban J connectivity index is 2.85. The zero-order valence-electron chi connectivity index (χ0n) is 8.63. The highest BCUT2D eigenvalue weighted by molar-refractivity contribution is 5.93. The van der Waals surface area contributed by atoms with Gasteiger partial charge in [-0.3, -0.25) is 4.79 Å². The number of nitrogens with one attached hydrogen (secondary N) is 1. The molecule has 1 amide bonds. The number of amides is 1. The average Bonchev–Trinajstić information content (AvgIpc) is 2.12. The number of benzene rings is 1. The third-order valence-corrected chi connectivity index (χ3v) is 2.08. The molecule has 0 atom stereocenters. The zero-order valence-corrected chi connectivity index (χ0v) is 8.63. The van der Waals surface area contributed by atoms with Crippen LogP contribution in [0.2, 0.25) is 0 Å². The summed E-state index contributed by atoms with van der Waals surface area (Å²) in [5, 5.41) is 2.87. The SMILES string of the molecule is C=CCC(=O)Nc1c(C)cccc1C. The van der Waals surface area contributed by atoms with Crippen molar-refractivity contribution in [2.45, 2.75) is 20.3 Å². The molecule has 1 aromatic carbocycles. The minimum atomic E-state index is -0.0163. The number of carbonyl (C=O) groups excluding carboxylic acids is 1. The van der Waals surface area contributed by atoms with Crippen LogP contribution in [0.15, 0.2) is 30.9 Å². The number of carbonyl (C=O) groups is 1. The smallest absolute Gasteiger partial charge is 0.228 e. The first kappa shape index (κ1) is 10.5. The monoisotopic (exact) mass is 189 g/mol. The molecule has 0 aliphatic carbocycles. The summed E-state index contributed by atoms with van der Waals surface area (Å²) in [6.45, 7) is 7.49. The van der Waals surface area contributed by atoms with Gasteiger partial charge in [0, 0.05) is 12.1 Å². The molecule has 0 spiro atoms. The fraction of sp³-hybridized carbons (Fsp3) is 0.250. The van der Waals surface area contributed by atoms with Crippen LogP contribution < -0.4 is 5.32 Å². The predicted octanol–water partition coefficient (Wildman–Crippen LogP) is 2.82. The molecular weight excluding hydrogens is 174 g/mol. The van der Waals surface area contributed by atoms with Gasteiger partial charge >= 0.3 is 0 Å². The zero-order chi connectivity index (χ0) is 10.6. The maximum Gasteiger partial charge on any atom is 0.228 e. The summed E-state index contributed by atoms with van der Waals surface area (Å²) in [6, 6.07) is 5.95. The van der Waals surface area contributed by atoms with E-state index in [0.29, 0.717) is 6.42 Å². The molecular formula is C12H15NO. The number of hydrogen-bond donors (Lipinski definition) is 1. The molecule has 0 heterocycles. The minimum absolute atomic E-state index is 0.0163. The van der Waals surface area contributed by atoms with E-state index in [1.807, 2.05) is 32.0 Å². The first-order valence-electron chi connectivity index (χ1n) is 4.62. The molecule has 0 saturated heterocycles. The molecule has 0 fully saturated rings. The fourth-order valence-corrected chi connectivity index (χ4v) is 1.33. The quantitative estimate of drug-likeness (QED) is 0.728. The minimum Gasteiger partial charge on any atom is -0.325 e. The number of aryl methyl sites for hydroxylation is 2. The Kier molecular flexibility index (Phi) is 3.46. The molecule has 0 aliphatic heterocycles. The molecule has 1 aromatic rings. The van der Waals surface area contributed by atoms with E-state index < -0.39 is 0 Å². The molecule has 74 valence electrons. The molecule has 0 aliphatic rings. The highest BCUT2D eigenvalue weighted by atomic mass is 16.1. The molecule has 14 heavy (non-hydrogen) atoms. The summed E-state index contributed by atoms with van der Waals surface area (Å²) in [5.41, 5.74) is 3.09. The van der Waals surface area contributed by atoms with Gasteiger partial charge < -0.3 is 5.32 Å². The molecule has 2 heteroatoms. The van der Waals surface area contributed by atoms with Crippen LogP contribution in [-0.4, -0.2) is 5.91 Å². The van der Waals surface area contributed by atoms with Crippen molar-refractivity contribution in [3.8, 4) is 0 Å². The van der Waals surface area contributed by atoms with Crippen LogP contribution in [0.5, 0.6) is 0 Å². The van der Waals surface area contributed by atoms with Crippen molar-refractivity contribution in [1.29, 1.82) is 0 Å². The average molecular weight is 189 g/mol. The molecule has 1 rings (SSSR count). The van der Waals surface area contributed by atoms with E-state index in [4.69, 9.17) is 0 Å². The van der Waals surface area contributed by atoms with Gasteiger partial charge in [-0.1, -0.05) is 24.3 Å². The number of hydrogen-bond acceptors (Lipinski definition) is 1. The van der Waals surface area contributed by atoms with Crippen molar-refractivity contribution in [2.24, 2.45) is 0 Å². The van der Waals surface area contributed by atoms with Gasteiger partial charge in [0.25, 0.3) is 0 Å². The maximum atomic E-state index is 11.3. The Morgan fingerprint density at radius 1 is 1.43 bits per heavy atom. The van der Waals surface area contributed by atoms with E-state index >= 15 is 0 Å². The van der Waals surface area contributed by atoms with E-state index in [9.17, 15) is 4.79 Å². The number of anilines is 1. The van der Waals surface area contributed by atoms with Crippen LogP contribution in [0.25, 0.3) is 0 Å². The third-order valence-electron chi connectivity index (χ3n) is 2.08. The third kappa shape index (κ3) is 2.46. The number of rotatable bonds is 3. The molecule has 0 unspecified atom stereocenters. The molecule has 0 radical (unpaired) electrons. The second-order valence-electron chi connectivity index (χ2n) is 3.31. The Morgan fingerprint density at radius 3 is 2.50 bits per heavy atom. The largest absolute Gasteiger partial charge is 0.325 e. The lowest BCUT2D eigenvalue weighted by molar-refractivity contribution is -0.115. The molecule has 0 saturated carbocycles. The van der Waals surface area contributed by atoms with Gasteiger partial charge in [-0.15, -0.1) is 6.58 Å². The van der Waals surface area contributed by atoms with Crippen LogP contribution >= 0.6 is 0 Å². The highest BCUT2D eigenvalue weighted by Gasteiger charge is 2.04. The predicted molar refractivity (Wildman–Crippen MR) is 59.4 cm³/mol. The Labute approximate surface area is 84.6 Å². The van der Waals surface area contributed by atoms with Crippen LogP contribution in [0.4, 0.5) is 5.69 Å². The van der Waals surface area contributed by atoms with E-state index in [0.717, 1.165) is 16.8 Å². The molecule has 0 aromatic heterocycles. The molecule has 2 nitrogen and oxygen atoms in total. The van der Waals surface area contributed by atoms with Crippen LogP contribution in [0.1, 0.15) is 17.5 Å². The van der Waals surface area contributed by atoms with Crippen LogP contribution in [0, 0.1) is 13.8 Å². The summed E-state index contributed by atoms with van der Waals surface area (Å²) in [7, 11) is 0. The standard InChI is InChI=1S/C12H15NO/c1-4-6-11(14)13-12-9(2)7-5-8-10(12)3/h4-5,7-8H,1,6H2,2-3H3,(H,13,14). The van der Waals surface area contributed by atoms with Gasteiger partial charge in [-0.2, -0.15) is 0 Å². The van der Waals surface area contributed by atoms with Gasteiger partial charge in [-0.05, 0) is 25.0 Å². The van der Waals surface area contributed by atoms with Gasteiger partial charge in [0.05, 0.1) is 0 Å². The van der Waals surface area contributed by atoms with Gasteiger partial charge in [0.1, 0.15) is 0 Å². The van der Waals surface area contributed by atoms with Crippen molar-refractivity contribution in [3.63, 3.8) is 0 Å². The Morgan fingerprint density at radius 2 is 2.00 bits per heavy atom. The summed E-state index contributed by atoms with van der Waals surface area (Å²) >= 11 is 0. The molecule has 0 bridgehead atoms. The summed E-state index contributed by atoms with van der Waals surface area (Å²) in [5.74, 6) is -0.0163. The van der Waals surface area contributed by atoms with E-state index in [2.05, 4.69) is 11.9 Å². The van der Waals surface area contributed by atoms with E-state index in [1.54, 1.807) is 6.08 Å². The summed E-state index contributed by atoms with van der Waals surface area (Å²) < 4.78 is 0. The van der Waals surface area contributed by atoms with Crippen molar-refractivity contribution >= 4 is 11.6 Å². The first-order chi connectivity index (χ1) is 6.65.